The van der Waals surface area contributed by atoms with Crippen LogP contribution in [0.25, 0.3) is 82.8 Å². The van der Waals surface area contributed by atoms with Crippen LogP contribution in [0.1, 0.15) is 0 Å². The molecule has 0 saturated carbocycles. The third-order valence-corrected chi connectivity index (χ3v) is 11.8. The van der Waals surface area contributed by atoms with Crippen molar-refractivity contribution in [3.05, 3.63) is 243 Å². The highest BCUT2D eigenvalue weighted by molar-refractivity contribution is 6.10. The molecule has 60 heavy (non-hydrogen) atoms. The molecule has 11 aromatic rings. The standard InChI is InChI=1S/C58H40N2/c1-3-16-41(17-4-1)42-30-32-45(33-31-42)54-40-46(51-23-9-12-27-55(51)60-56-28-13-10-24-52(56)53-25-11-14-29-57(53)60)36-39-58(54)59(47-20-5-2-6-21-47)48-37-34-44(35-38-48)50-26-15-19-43-18-7-8-22-49(43)50/h1-40H. The van der Waals surface area contributed by atoms with Crippen LogP contribution in [0, 0.1) is 0 Å². The Morgan fingerprint density at radius 2 is 0.767 bits per heavy atom. The molecule has 0 bridgehead atoms. The lowest BCUT2D eigenvalue weighted by atomic mass is 9.94. The van der Waals surface area contributed by atoms with E-state index in [4.69, 9.17) is 0 Å². The maximum absolute atomic E-state index is 2.43. The van der Waals surface area contributed by atoms with Gasteiger partial charge in [-0.05, 0) is 98.8 Å². The molecule has 0 unspecified atom stereocenters. The van der Waals surface area contributed by atoms with E-state index in [1.165, 1.54) is 60.4 Å². The van der Waals surface area contributed by atoms with Gasteiger partial charge in [-0.15, -0.1) is 0 Å². The molecule has 2 nitrogen and oxygen atoms in total. The molecular weight excluding hydrogens is 725 g/mol. The Balaban J connectivity index is 1.10. The molecule has 0 radical (unpaired) electrons. The van der Waals surface area contributed by atoms with Crippen molar-refractivity contribution in [2.24, 2.45) is 0 Å². The zero-order chi connectivity index (χ0) is 39.8. The smallest absolute Gasteiger partial charge is 0.0541 e. The maximum Gasteiger partial charge on any atom is 0.0541 e. The van der Waals surface area contributed by atoms with Crippen LogP contribution in [0.3, 0.4) is 0 Å². The van der Waals surface area contributed by atoms with E-state index in [0.29, 0.717) is 0 Å². The van der Waals surface area contributed by atoms with Gasteiger partial charge in [0.15, 0.2) is 0 Å². The summed E-state index contributed by atoms with van der Waals surface area (Å²) in [6, 6.07) is 87.9. The van der Waals surface area contributed by atoms with Gasteiger partial charge in [0.25, 0.3) is 0 Å². The molecule has 2 heteroatoms. The third-order valence-electron chi connectivity index (χ3n) is 11.8. The zero-order valence-electron chi connectivity index (χ0n) is 33.0. The fraction of sp³-hybridized carbons (Fsp3) is 0. The summed E-state index contributed by atoms with van der Waals surface area (Å²) < 4.78 is 2.43. The first kappa shape index (κ1) is 35.2. The second kappa shape index (κ2) is 15.1. The molecule has 0 aliphatic heterocycles. The molecule has 10 aromatic carbocycles. The Morgan fingerprint density at radius 3 is 1.50 bits per heavy atom. The molecule has 1 heterocycles. The molecule has 0 aliphatic rings. The lowest BCUT2D eigenvalue weighted by Crippen LogP contribution is -2.11. The minimum Gasteiger partial charge on any atom is -0.310 e. The summed E-state index contributed by atoms with van der Waals surface area (Å²) >= 11 is 0. The number of rotatable bonds is 8. The number of nitrogens with zero attached hydrogens (tertiary/aromatic N) is 2. The van der Waals surface area contributed by atoms with Gasteiger partial charge in [-0.25, -0.2) is 0 Å². The van der Waals surface area contributed by atoms with E-state index >= 15 is 0 Å². The summed E-state index contributed by atoms with van der Waals surface area (Å²) in [4.78, 5) is 2.40. The molecule has 0 saturated heterocycles. The van der Waals surface area contributed by atoms with Gasteiger partial charge in [0, 0.05) is 33.3 Å². The van der Waals surface area contributed by atoms with Crippen molar-refractivity contribution in [1.29, 1.82) is 0 Å². The van der Waals surface area contributed by atoms with Crippen molar-refractivity contribution in [3.63, 3.8) is 0 Å². The first-order valence-electron chi connectivity index (χ1n) is 20.6. The highest BCUT2D eigenvalue weighted by Crippen LogP contribution is 2.45. The van der Waals surface area contributed by atoms with E-state index in [1.807, 2.05) is 0 Å². The number of anilines is 3. The molecule has 0 fully saturated rings. The van der Waals surface area contributed by atoms with Crippen LogP contribution >= 0.6 is 0 Å². The summed E-state index contributed by atoms with van der Waals surface area (Å²) in [5.41, 5.74) is 16.3. The molecule has 0 aliphatic carbocycles. The average Bonchev–Trinajstić information content (AvgIpc) is 3.67. The Kier molecular flexibility index (Phi) is 8.87. The van der Waals surface area contributed by atoms with Crippen molar-refractivity contribution < 1.29 is 0 Å². The Labute approximate surface area is 350 Å². The average molecular weight is 765 g/mol. The van der Waals surface area contributed by atoms with Gasteiger partial charge < -0.3 is 9.47 Å². The molecule has 0 spiro atoms. The summed E-state index contributed by atoms with van der Waals surface area (Å²) in [5.74, 6) is 0. The van der Waals surface area contributed by atoms with E-state index in [0.717, 1.165) is 39.4 Å². The lowest BCUT2D eigenvalue weighted by molar-refractivity contribution is 1.18. The first-order valence-corrected chi connectivity index (χ1v) is 20.6. The topological polar surface area (TPSA) is 8.17 Å². The van der Waals surface area contributed by atoms with Gasteiger partial charge in [0.05, 0.1) is 22.4 Å². The largest absolute Gasteiger partial charge is 0.310 e. The van der Waals surface area contributed by atoms with Crippen LogP contribution in [-0.4, -0.2) is 4.57 Å². The van der Waals surface area contributed by atoms with Crippen molar-refractivity contribution in [3.8, 4) is 50.2 Å². The fourth-order valence-electron chi connectivity index (χ4n) is 8.97. The van der Waals surface area contributed by atoms with Gasteiger partial charge in [-0.3, -0.25) is 0 Å². The number of para-hydroxylation sites is 4. The number of hydrogen-bond acceptors (Lipinski definition) is 1. The normalized spacial score (nSPS) is 11.3. The number of benzene rings is 10. The SMILES string of the molecule is c1ccc(-c2ccc(-c3cc(-c4ccccc4-n4c5ccccc5c5ccccc54)ccc3N(c3ccccc3)c3ccc(-c4cccc5ccccc45)cc3)cc2)cc1. The highest BCUT2D eigenvalue weighted by atomic mass is 15.1. The summed E-state index contributed by atoms with van der Waals surface area (Å²) in [7, 11) is 0. The molecule has 11 rings (SSSR count). The Bertz CT molecular complexity index is 3230. The third kappa shape index (κ3) is 6.23. The zero-order valence-corrected chi connectivity index (χ0v) is 33.0. The second-order valence-corrected chi connectivity index (χ2v) is 15.3. The van der Waals surface area contributed by atoms with Crippen LogP contribution in [0.2, 0.25) is 0 Å². The monoisotopic (exact) mass is 764 g/mol. The van der Waals surface area contributed by atoms with Crippen molar-refractivity contribution in [2.45, 2.75) is 0 Å². The number of hydrogen-bond donors (Lipinski definition) is 0. The lowest BCUT2D eigenvalue weighted by Gasteiger charge is -2.29. The van der Waals surface area contributed by atoms with Gasteiger partial charge >= 0.3 is 0 Å². The van der Waals surface area contributed by atoms with E-state index in [1.54, 1.807) is 0 Å². The molecule has 1 aromatic heterocycles. The molecular formula is C58H40N2. The van der Waals surface area contributed by atoms with Crippen LogP contribution in [0.15, 0.2) is 243 Å². The number of fused-ring (bicyclic) bond motifs is 4. The minimum atomic E-state index is 1.09. The van der Waals surface area contributed by atoms with Gasteiger partial charge in [-0.2, -0.15) is 0 Å². The fourth-order valence-corrected chi connectivity index (χ4v) is 8.97. The second-order valence-electron chi connectivity index (χ2n) is 15.3. The summed E-state index contributed by atoms with van der Waals surface area (Å²) in [6.07, 6.45) is 0. The van der Waals surface area contributed by atoms with Gasteiger partial charge in [0.1, 0.15) is 0 Å². The number of aromatic nitrogens is 1. The van der Waals surface area contributed by atoms with Crippen molar-refractivity contribution >= 4 is 49.6 Å². The van der Waals surface area contributed by atoms with Gasteiger partial charge in [0.2, 0.25) is 0 Å². The van der Waals surface area contributed by atoms with Crippen LogP contribution in [0.4, 0.5) is 17.1 Å². The van der Waals surface area contributed by atoms with E-state index in [2.05, 4.69) is 252 Å². The first-order chi connectivity index (χ1) is 29.8. The predicted octanol–water partition coefficient (Wildman–Crippen LogP) is 16.1. The molecule has 0 N–H and O–H groups in total. The van der Waals surface area contributed by atoms with Crippen LogP contribution in [-0.2, 0) is 0 Å². The van der Waals surface area contributed by atoms with E-state index in [-0.39, 0.29) is 0 Å². The van der Waals surface area contributed by atoms with Crippen LogP contribution in [0.5, 0.6) is 0 Å². The summed E-state index contributed by atoms with van der Waals surface area (Å²) in [5, 5.41) is 5.00. The predicted molar refractivity (Wildman–Crippen MR) is 255 cm³/mol. The highest BCUT2D eigenvalue weighted by Gasteiger charge is 2.21. The van der Waals surface area contributed by atoms with Crippen molar-refractivity contribution in [1.82, 2.24) is 4.57 Å². The quantitative estimate of drug-likeness (QED) is 0.150. The van der Waals surface area contributed by atoms with Crippen molar-refractivity contribution in [2.75, 3.05) is 4.90 Å². The van der Waals surface area contributed by atoms with E-state index in [9.17, 15) is 0 Å². The summed E-state index contributed by atoms with van der Waals surface area (Å²) in [6.45, 7) is 0. The van der Waals surface area contributed by atoms with Gasteiger partial charge in [-0.1, -0.05) is 188 Å². The molecule has 0 amide bonds. The maximum atomic E-state index is 2.43. The molecule has 0 atom stereocenters. The minimum absolute atomic E-state index is 1.09. The van der Waals surface area contributed by atoms with Crippen LogP contribution < -0.4 is 4.90 Å². The molecule has 282 valence electrons. The van der Waals surface area contributed by atoms with E-state index < -0.39 is 0 Å². The Hall–Kier alpha value is -7.94. The Morgan fingerprint density at radius 1 is 0.283 bits per heavy atom.